The summed E-state index contributed by atoms with van der Waals surface area (Å²) in [6, 6.07) is 5.43. The average Bonchev–Trinajstić information content (AvgIpc) is 2.46. The Hall–Kier alpha value is -1.13. The maximum absolute atomic E-state index is 14.3. The zero-order valence-corrected chi connectivity index (χ0v) is 12.4. The van der Waals surface area contributed by atoms with Gasteiger partial charge in [-0.1, -0.05) is 12.1 Å². The second-order valence-electron chi connectivity index (χ2n) is 5.65. The monoisotopic (exact) mass is 280 g/mol. The molecule has 0 aromatic heterocycles. The number of hydrogen-bond acceptors (Lipinski definition) is 3. The van der Waals surface area contributed by atoms with E-state index in [2.05, 4.69) is 10.2 Å². The lowest BCUT2D eigenvalue weighted by atomic mass is 9.93. The van der Waals surface area contributed by atoms with E-state index in [4.69, 9.17) is 5.11 Å². The number of halogens is 1. The van der Waals surface area contributed by atoms with Crippen molar-refractivity contribution in [3.63, 3.8) is 0 Å². The van der Waals surface area contributed by atoms with Gasteiger partial charge in [0.25, 0.3) is 0 Å². The Bertz CT molecular complexity index is 436. The van der Waals surface area contributed by atoms with E-state index >= 15 is 0 Å². The number of anilines is 1. The second kappa shape index (κ2) is 7.04. The van der Waals surface area contributed by atoms with Gasteiger partial charge in [-0.3, -0.25) is 0 Å². The molecule has 0 spiro atoms. The van der Waals surface area contributed by atoms with Crippen LogP contribution in [-0.4, -0.2) is 31.9 Å². The zero-order valence-electron chi connectivity index (χ0n) is 12.4. The number of piperidine rings is 1. The standard InChI is InChI=1S/C16H25FN2O/c1-12(18-2)14-6-3-7-15(17)16(14)19-9-4-5-13(11-19)8-10-20/h3,6-7,12-13,18,20H,4-5,8-11H2,1-2H3. The van der Waals surface area contributed by atoms with Gasteiger partial charge in [0.15, 0.2) is 0 Å². The fraction of sp³-hybridized carbons (Fsp3) is 0.625. The SMILES string of the molecule is CNC(C)c1cccc(F)c1N1CCCC(CCO)C1. The van der Waals surface area contributed by atoms with E-state index in [9.17, 15) is 4.39 Å². The van der Waals surface area contributed by atoms with Crippen LogP contribution >= 0.6 is 0 Å². The van der Waals surface area contributed by atoms with Gasteiger partial charge in [-0.25, -0.2) is 4.39 Å². The van der Waals surface area contributed by atoms with E-state index in [1.807, 2.05) is 20.0 Å². The Morgan fingerprint density at radius 3 is 3.00 bits per heavy atom. The Morgan fingerprint density at radius 2 is 2.30 bits per heavy atom. The second-order valence-corrected chi connectivity index (χ2v) is 5.65. The Balaban J connectivity index is 2.26. The van der Waals surface area contributed by atoms with E-state index in [-0.39, 0.29) is 18.5 Å². The molecule has 2 atom stereocenters. The van der Waals surface area contributed by atoms with E-state index in [1.54, 1.807) is 6.07 Å². The molecule has 0 aliphatic carbocycles. The van der Waals surface area contributed by atoms with Crippen LogP contribution in [0.15, 0.2) is 18.2 Å². The molecule has 1 aromatic rings. The number of benzene rings is 1. The molecule has 0 amide bonds. The van der Waals surface area contributed by atoms with Gasteiger partial charge in [0.2, 0.25) is 0 Å². The quantitative estimate of drug-likeness (QED) is 0.870. The van der Waals surface area contributed by atoms with Gasteiger partial charge < -0.3 is 15.3 Å². The predicted molar refractivity (Wildman–Crippen MR) is 80.5 cm³/mol. The van der Waals surface area contributed by atoms with Crippen LogP contribution in [0.2, 0.25) is 0 Å². The van der Waals surface area contributed by atoms with Crippen molar-refractivity contribution in [2.45, 2.75) is 32.2 Å². The van der Waals surface area contributed by atoms with Crippen LogP contribution in [-0.2, 0) is 0 Å². The smallest absolute Gasteiger partial charge is 0.146 e. The first-order valence-corrected chi connectivity index (χ1v) is 7.48. The molecule has 1 aliphatic rings. The summed E-state index contributed by atoms with van der Waals surface area (Å²) < 4.78 is 14.3. The van der Waals surface area contributed by atoms with Crippen molar-refractivity contribution in [2.24, 2.45) is 5.92 Å². The van der Waals surface area contributed by atoms with Crippen molar-refractivity contribution in [3.8, 4) is 0 Å². The summed E-state index contributed by atoms with van der Waals surface area (Å²) in [5.41, 5.74) is 1.74. The van der Waals surface area contributed by atoms with Crippen LogP contribution in [0.5, 0.6) is 0 Å². The summed E-state index contributed by atoms with van der Waals surface area (Å²) in [6.45, 7) is 4.00. The molecule has 3 nitrogen and oxygen atoms in total. The van der Waals surface area contributed by atoms with Crippen molar-refractivity contribution < 1.29 is 9.50 Å². The summed E-state index contributed by atoms with van der Waals surface area (Å²) in [5, 5.41) is 12.3. The molecule has 2 unspecified atom stereocenters. The van der Waals surface area contributed by atoms with E-state index < -0.39 is 0 Å². The largest absolute Gasteiger partial charge is 0.396 e. The lowest BCUT2D eigenvalue weighted by Gasteiger charge is -2.36. The summed E-state index contributed by atoms with van der Waals surface area (Å²) in [7, 11) is 1.89. The third kappa shape index (κ3) is 3.30. The minimum absolute atomic E-state index is 0.124. The molecular weight excluding hydrogens is 255 g/mol. The normalized spacial score (nSPS) is 21.0. The lowest BCUT2D eigenvalue weighted by molar-refractivity contribution is 0.244. The maximum Gasteiger partial charge on any atom is 0.146 e. The lowest BCUT2D eigenvalue weighted by Crippen LogP contribution is -2.37. The van der Waals surface area contributed by atoms with Crippen molar-refractivity contribution in [1.82, 2.24) is 5.32 Å². The molecule has 0 radical (unpaired) electrons. The number of nitrogens with zero attached hydrogens (tertiary/aromatic N) is 1. The summed E-state index contributed by atoms with van der Waals surface area (Å²) in [6.07, 6.45) is 3.00. The van der Waals surface area contributed by atoms with Crippen molar-refractivity contribution in [2.75, 3.05) is 31.6 Å². The van der Waals surface area contributed by atoms with Gasteiger partial charge in [0.05, 0.1) is 5.69 Å². The number of aliphatic hydroxyl groups is 1. The van der Waals surface area contributed by atoms with Gasteiger partial charge in [-0.05, 0) is 50.8 Å². The summed E-state index contributed by atoms with van der Waals surface area (Å²) >= 11 is 0. The molecule has 1 aliphatic heterocycles. The number of aliphatic hydroxyl groups excluding tert-OH is 1. The molecule has 20 heavy (non-hydrogen) atoms. The fourth-order valence-electron chi connectivity index (χ4n) is 3.06. The third-order valence-corrected chi connectivity index (χ3v) is 4.29. The Labute approximate surface area is 120 Å². The molecule has 2 N–H and O–H groups in total. The molecule has 4 heteroatoms. The van der Waals surface area contributed by atoms with Crippen LogP contribution in [0.4, 0.5) is 10.1 Å². The average molecular weight is 280 g/mol. The van der Waals surface area contributed by atoms with Gasteiger partial charge in [-0.15, -0.1) is 0 Å². The van der Waals surface area contributed by atoms with Crippen molar-refractivity contribution in [3.05, 3.63) is 29.6 Å². The molecule has 1 fully saturated rings. The predicted octanol–water partition coefficient (Wildman–Crippen LogP) is 2.70. The van der Waals surface area contributed by atoms with Crippen molar-refractivity contribution in [1.29, 1.82) is 0 Å². The molecule has 0 saturated carbocycles. The van der Waals surface area contributed by atoms with Gasteiger partial charge in [-0.2, -0.15) is 0 Å². The van der Waals surface area contributed by atoms with E-state index in [0.29, 0.717) is 5.92 Å². The summed E-state index contributed by atoms with van der Waals surface area (Å²) in [4.78, 5) is 2.16. The number of para-hydroxylation sites is 1. The highest BCUT2D eigenvalue weighted by Gasteiger charge is 2.24. The Kier molecular flexibility index (Phi) is 5.38. The summed E-state index contributed by atoms with van der Waals surface area (Å²) in [5.74, 6) is 0.320. The van der Waals surface area contributed by atoms with E-state index in [1.165, 1.54) is 6.07 Å². The topological polar surface area (TPSA) is 35.5 Å². The van der Waals surface area contributed by atoms with Crippen molar-refractivity contribution >= 4 is 5.69 Å². The van der Waals surface area contributed by atoms with Gasteiger partial charge >= 0.3 is 0 Å². The highest BCUT2D eigenvalue weighted by atomic mass is 19.1. The molecule has 2 rings (SSSR count). The molecule has 0 bridgehead atoms. The minimum Gasteiger partial charge on any atom is -0.396 e. The molecule has 1 saturated heterocycles. The first kappa shape index (κ1) is 15.3. The number of nitrogens with one attached hydrogen (secondary N) is 1. The van der Waals surface area contributed by atoms with Crippen LogP contribution < -0.4 is 10.2 Å². The molecule has 1 aromatic carbocycles. The molecule has 1 heterocycles. The van der Waals surface area contributed by atoms with Crippen LogP contribution in [0, 0.1) is 11.7 Å². The zero-order chi connectivity index (χ0) is 14.5. The van der Waals surface area contributed by atoms with Crippen LogP contribution in [0.1, 0.15) is 37.8 Å². The van der Waals surface area contributed by atoms with Gasteiger partial charge in [0, 0.05) is 25.7 Å². The third-order valence-electron chi connectivity index (χ3n) is 4.29. The van der Waals surface area contributed by atoms with Crippen LogP contribution in [0.3, 0.4) is 0 Å². The van der Waals surface area contributed by atoms with Crippen LogP contribution in [0.25, 0.3) is 0 Å². The Morgan fingerprint density at radius 1 is 1.50 bits per heavy atom. The highest BCUT2D eigenvalue weighted by Crippen LogP contribution is 2.33. The minimum atomic E-state index is -0.144. The van der Waals surface area contributed by atoms with Gasteiger partial charge in [0.1, 0.15) is 5.82 Å². The highest BCUT2D eigenvalue weighted by molar-refractivity contribution is 5.56. The number of hydrogen-bond donors (Lipinski definition) is 2. The molecular formula is C16H25FN2O. The maximum atomic E-state index is 14.3. The first-order valence-electron chi connectivity index (χ1n) is 7.48. The fourth-order valence-corrected chi connectivity index (χ4v) is 3.06. The van der Waals surface area contributed by atoms with E-state index in [0.717, 1.165) is 43.6 Å². The first-order chi connectivity index (χ1) is 9.67. The number of rotatable bonds is 5. The molecule has 112 valence electrons.